The average Bonchev–Trinajstić information content (AvgIpc) is 2.59. The second kappa shape index (κ2) is 3.72. The van der Waals surface area contributed by atoms with Crippen molar-refractivity contribution in [3.05, 3.63) is 9.47 Å². The first-order chi connectivity index (χ1) is 6.99. The zero-order valence-corrected chi connectivity index (χ0v) is 10.2. The number of halogens is 1. The maximum absolute atomic E-state index is 11.5. The number of carbonyl (C=O) groups excluding carboxylic acids is 1. The van der Waals surface area contributed by atoms with Crippen molar-refractivity contribution in [1.82, 2.24) is 15.5 Å². The van der Waals surface area contributed by atoms with E-state index in [2.05, 4.69) is 29.4 Å². The first-order valence-corrected chi connectivity index (χ1v) is 5.96. The number of nitrogens with one attached hydrogen (secondary N) is 1. The molecule has 0 radical (unpaired) electrons. The molecule has 0 aromatic carbocycles. The summed E-state index contributed by atoms with van der Waals surface area (Å²) in [5.41, 5.74) is 0.381. The summed E-state index contributed by atoms with van der Waals surface area (Å²) in [5, 5.41) is 10.4. The SMILES string of the molecule is CC1(C)CC1CNC(=O)c1nnc(Cl)s1. The minimum absolute atomic E-state index is 0.179. The third kappa shape index (κ3) is 2.46. The van der Waals surface area contributed by atoms with Crippen molar-refractivity contribution in [3.8, 4) is 0 Å². The molecular weight excluding hydrogens is 234 g/mol. The number of hydrogen-bond donors (Lipinski definition) is 1. The maximum Gasteiger partial charge on any atom is 0.282 e. The van der Waals surface area contributed by atoms with Gasteiger partial charge in [-0.1, -0.05) is 25.2 Å². The molecule has 6 heteroatoms. The summed E-state index contributed by atoms with van der Waals surface area (Å²) in [6, 6.07) is 0. The van der Waals surface area contributed by atoms with Gasteiger partial charge >= 0.3 is 0 Å². The van der Waals surface area contributed by atoms with Gasteiger partial charge in [-0.15, -0.1) is 10.2 Å². The number of hydrogen-bond acceptors (Lipinski definition) is 4. The molecule has 1 aromatic rings. The molecule has 1 atom stereocenters. The number of rotatable bonds is 3. The molecule has 1 unspecified atom stereocenters. The molecule has 15 heavy (non-hydrogen) atoms. The minimum Gasteiger partial charge on any atom is -0.350 e. The summed E-state index contributed by atoms with van der Waals surface area (Å²) in [6.07, 6.45) is 1.17. The lowest BCUT2D eigenvalue weighted by Crippen LogP contribution is -2.26. The van der Waals surface area contributed by atoms with Gasteiger partial charge in [-0.3, -0.25) is 4.79 Å². The van der Waals surface area contributed by atoms with E-state index in [-0.39, 0.29) is 5.91 Å². The van der Waals surface area contributed by atoms with Crippen molar-refractivity contribution >= 4 is 28.8 Å². The van der Waals surface area contributed by atoms with Gasteiger partial charge in [-0.25, -0.2) is 0 Å². The zero-order valence-electron chi connectivity index (χ0n) is 8.58. The molecule has 1 N–H and O–H groups in total. The fraction of sp³-hybridized carbons (Fsp3) is 0.667. The normalized spacial score (nSPS) is 22.5. The monoisotopic (exact) mass is 245 g/mol. The van der Waals surface area contributed by atoms with Crippen LogP contribution >= 0.6 is 22.9 Å². The van der Waals surface area contributed by atoms with Crippen LogP contribution in [-0.2, 0) is 0 Å². The van der Waals surface area contributed by atoms with E-state index in [1.807, 2.05) is 0 Å². The number of aromatic nitrogens is 2. The van der Waals surface area contributed by atoms with Gasteiger partial charge in [0.2, 0.25) is 9.47 Å². The lowest BCUT2D eigenvalue weighted by molar-refractivity contribution is 0.0949. The largest absolute Gasteiger partial charge is 0.350 e. The topological polar surface area (TPSA) is 54.9 Å². The van der Waals surface area contributed by atoms with Crippen molar-refractivity contribution in [2.45, 2.75) is 20.3 Å². The molecule has 0 spiro atoms. The molecule has 2 rings (SSSR count). The Morgan fingerprint density at radius 1 is 1.67 bits per heavy atom. The van der Waals surface area contributed by atoms with Crippen LogP contribution in [0.15, 0.2) is 0 Å². The Kier molecular flexibility index (Phi) is 2.68. The Balaban J connectivity index is 1.83. The van der Waals surface area contributed by atoms with Gasteiger partial charge in [-0.05, 0) is 29.4 Å². The molecule has 1 heterocycles. The lowest BCUT2D eigenvalue weighted by Gasteiger charge is -2.03. The predicted octanol–water partition coefficient (Wildman–Crippen LogP) is 1.97. The van der Waals surface area contributed by atoms with Gasteiger partial charge in [0.1, 0.15) is 0 Å². The van der Waals surface area contributed by atoms with Crippen LogP contribution in [0.3, 0.4) is 0 Å². The van der Waals surface area contributed by atoms with E-state index < -0.39 is 0 Å². The molecule has 1 aliphatic rings. The number of carbonyl (C=O) groups is 1. The third-order valence-electron chi connectivity index (χ3n) is 2.82. The van der Waals surface area contributed by atoms with E-state index in [0.29, 0.717) is 27.4 Å². The Morgan fingerprint density at radius 2 is 2.33 bits per heavy atom. The van der Waals surface area contributed by atoms with Crippen molar-refractivity contribution < 1.29 is 4.79 Å². The molecule has 82 valence electrons. The van der Waals surface area contributed by atoms with E-state index in [1.165, 1.54) is 6.42 Å². The molecule has 0 aliphatic heterocycles. The van der Waals surface area contributed by atoms with Crippen LogP contribution in [0.25, 0.3) is 0 Å². The summed E-state index contributed by atoms with van der Waals surface area (Å²) in [7, 11) is 0. The standard InChI is InChI=1S/C9H12ClN3OS/c1-9(2)3-5(9)4-11-6(14)7-12-13-8(10)15-7/h5H,3-4H2,1-2H3,(H,11,14). The Morgan fingerprint density at radius 3 is 2.80 bits per heavy atom. The second-order valence-electron chi connectivity index (χ2n) is 4.46. The fourth-order valence-electron chi connectivity index (χ4n) is 1.51. The van der Waals surface area contributed by atoms with Crippen LogP contribution in [0.2, 0.25) is 4.47 Å². The summed E-state index contributed by atoms with van der Waals surface area (Å²) in [4.78, 5) is 11.5. The molecule has 1 aliphatic carbocycles. The van der Waals surface area contributed by atoms with Crippen LogP contribution in [0, 0.1) is 11.3 Å². The number of amides is 1. The highest BCUT2D eigenvalue weighted by Crippen LogP contribution is 2.50. The van der Waals surface area contributed by atoms with Crippen LogP contribution in [0.1, 0.15) is 30.1 Å². The van der Waals surface area contributed by atoms with Crippen LogP contribution < -0.4 is 5.32 Å². The Labute approximate surface area is 97.0 Å². The molecule has 1 amide bonds. The van der Waals surface area contributed by atoms with Gasteiger partial charge < -0.3 is 5.32 Å². The predicted molar refractivity (Wildman–Crippen MR) is 59.1 cm³/mol. The molecule has 1 saturated carbocycles. The van der Waals surface area contributed by atoms with Gasteiger partial charge in [0.15, 0.2) is 0 Å². The second-order valence-corrected chi connectivity index (χ2v) is 6.02. The summed E-state index contributed by atoms with van der Waals surface area (Å²) >= 11 is 6.69. The van der Waals surface area contributed by atoms with E-state index in [9.17, 15) is 4.79 Å². The van der Waals surface area contributed by atoms with Gasteiger partial charge in [-0.2, -0.15) is 0 Å². The van der Waals surface area contributed by atoms with Crippen LogP contribution in [0.4, 0.5) is 0 Å². The fourth-order valence-corrected chi connectivity index (χ4v) is 2.26. The summed E-state index contributed by atoms with van der Waals surface area (Å²) < 4.78 is 0.298. The molecule has 1 aromatic heterocycles. The molecule has 4 nitrogen and oxygen atoms in total. The van der Waals surface area contributed by atoms with Crippen LogP contribution in [-0.4, -0.2) is 22.6 Å². The average molecular weight is 246 g/mol. The molecule has 1 fully saturated rings. The maximum atomic E-state index is 11.5. The van der Waals surface area contributed by atoms with Crippen molar-refractivity contribution in [1.29, 1.82) is 0 Å². The quantitative estimate of drug-likeness (QED) is 0.886. The minimum atomic E-state index is -0.179. The first-order valence-electron chi connectivity index (χ1n) is 4.76. The molecule has 0 saturated heterocycles. The van der Waals surface area contributed by atoms with E-state index >= 15 is 0 Å². The smallest absolute Gasteiger partial charge is 0.282 e. The van der Waals surface area contributed by atoms with Crippen molar-refractivity contribution in [2.24, 2.45) is 11.3 Å². The van der Waals surface area contributed by atoms with E-state index in [0.717, 1.165) is 11.3 Å². The lowest BCUT2D eigenvalue weighted by atomic mass is 10.1. The summed E-state index contributed by atoms with van der Waals surface area (Å²) in [6.45, 7) is 5.11. The highest BCUT2D eigenvalue weighted by atomic mass is 35.5. The molecular formula is C9H12ClN3OS. The third-order valence-corrected chi connectivity index (χ3v) is 3.84. The van der Waals surface area contributed by atoms with Gasteiger partial charge in [0.25, 0.3) is 5.91 Å². The first kappa shape index (κ1) is 10.8. The van der Waals surface area contributed by atoms with Crippen molar-refractivity contribution in [3.63, 3.8) is 0 Å². The zero-order chi connectivity index (χ0) is 11.1. The Hall–Kier alpha value is -0.680. The number of nitrogens with zero attached hydrogens (tertiary/aromatic N) is 2. The van der Waals surface area contributed by atoms with Gasteiger partial charge in [0, 0.05) is 6.54 Å². The molecule has 0 bridgehead atoms. The van der Waals surface area contributed by atoms with Crippen molar-refractivity contribution in [2.75, 3.05) is 6.54 Å². The van der Waals surface area contributed by atoms with Gasteiger partial charge in [0.05, 0.1) is 0 Å². The summed E-state index contributed by atoms with van der Waals surface area (Å²) in [5.74, 6) is 0.409. The highest BCUT2D eigenvalue weighted by molar-refractivity contribution is 7.17. The highest BCUT2D eigenvalue weighted by Gasteiger charge is 2.45. The van der Waals surface area contributed by atoms with Crippen LogP contribution in [0.5, 0.6) is 0 Å². The Bertz CT molecular complexity index is 390. The van der Waals surface area contributed by atoms with E-state index in [4.69, 9.17) is 11.6 Å². The van der Waals surface area contributed by atoms with E-state index in [1.54, 1.807) is 0 Å².